The molecule has 6 nitrogen and oxygen atoms in total. The summed E-state index contributed by atoms with van der Waals surface area (Å²) in [5.74, 6) is 0.733. The summed E-state index contributed by atoms with van der Waals surface area (Å²) >= 11 is 0. The normalized spacial score (nSPS) is 24.2. The Hall–Kier alpha value is -1.86. The number of fused-ring (bicyclic) bond motifs is 1. The Balaban J connectivity index is 1.69. The van der Waals surface area contributed by atoms with E-state index in [1.54, 1.807) is 22.5 Å². The lowest BCUT2D eigenvalue weighted by Crippen LogP contribution is -2.42. The van der Waals surface area contributed by atoms with E-state index in [-0.39, 0.29) is 5.91 Å². The van der Waals surface area contributed by atoms with E-state index in [1.807, 2.05) is 11.8 Å². The number of carbonyl (C=O) groups excluding carboxylic acids is 1. The van der Waals surface area contributed by atoms with Gasteiger partial charge in [0.25, 0.3) is 5.91 Å². The van der Waals surface area contributed by atoms with E-state index < -0.39 is 10.0 Å². The zero-order valence-electron chi connectivity index (χ0n) is 16.9. The van der Waals surface area contributed by atoms with Crippen molar-refractivity contribution in [3.8, 4) is 0 Å². The third kappa shape index (κ3) is 3.35. The van der Waals surface area contributed by atoms with Crippen molar-refractivity contribution in [2.24, 2.45) is 11.8 Å². The molecule has 2 aliphatic heterocycles. The molecule has 3 heterocycles. The Bertz CT molecular complexity index is 995. The van der Waals surface area contributed by atoms with Gasteiger partial charge in [-0.3, -0.25) is 4.79 Å². The van der Waals surface area contributed by atoms with Crippen LogP contribution in [0.2, 0.25) is 0 Å². The lowest BCUT2D eigenvalue weighted by Gasteiger charge is -2.34. The minimum absolute atomic E-state index is 0.00860. The number of hydrogen-bond donors (Lipinski definition) is 1. The highest BCUT2D eigenvalue weighted by Crippen LogP contribution is 2.30. The van der Waals surface area contributed by atoms with Crippen molar-refractivity contribution in [1.82, 2.24) is 14.2 Å². The van der Waals surface area contributed by atoms with Gasteiger partial charge in [-0.15, -0.1) is 0 Å². The first kappa shape index (κ1) is 19.5. The van der Waals surface area contributed by atoms with Gasteiger partial charge in [0.1, 0.15) is 5.69 Å². The van der Waals surface area contributed by atoms with Gasteiger partial charge in [-0.05, 0) is 61.8 Å². The van der Waals surface area contributed by atoms with Gasteiger partial charge in [0, 0.05) is 37.1 Å². The van der Waals surface area contributed by atoms with E-state index >= 15 is 0 Å². The zero-order chi connectivity index (χ0) is 20.1. The molecule has 0 spiro atoms. The highest BCUT2D eigenvalue weighted by Gasteiger charge is 2.32. The van der Waals surface area contributed by atoms with Crippen molar-refractivity contribution in [2.45, 2.75) is 44.9 Å². The second-order valence-corrected chi connectivity index (χ2v) is 10.5. The van der Waals surface area contributed by atoms with E-state index in [2.05, 4.69) is 18.8 Å². The molecule has 2 aromatic rings. The van der Waals surface area contributed by atoms with E-state index in [0.717, 1.165) is 48.8 Å². The molecule has 7 heteroatoms. The van der Waals surface area contributed by atoms with Crippen LogP contribution >= 0.6 is 0 Å². The van der Waals surface area contributed by atoms with Crippen LogP contribution < -0.4 is 0 Å². The topological polar surface area (TPSA) is 73.5 Å². The highest BCUT2D eigenvalue weighted by atomic mass is 32.2. The van der Waals surface area contributed by atoms with Crippen LogP contribution in [0.25, 0.3) is 10.9 Å². The van der Waals surface area contributed by atoms with Gasteiger partial charge in [0.05, 0.1) is 4.90 Å². The molecule has 152 valence electrons. The monoisotopic (exact) mass is 403 g/mol. The van der Waals surface area contributed by atoms with Gasteiger partial charge in [-0.25, -0.2) is 8.42 Å². The first-order chi connectivity index (χ1) is 13.3. The van der Waals surface area contributed by atoms with Crippen molar-refractivity contribution in [3.05, 3.63) is 29.5 Å². The predicted octanol–water partition coefficient (Wildman–Crippen LogP) is 3.38. The molecule has 1 aromatic carbocycles. The third-order valence-electron chi connectivity index (χ3n) is 6.11. The minimum atomic E-state index is -3.54. The van der Waals surface area contributed by atoms with Crippen molar-refractivity contribution in [2.75, 3.05) is 26.2 Å². The summed E-state index contributed by atoms with van der Waals surface area (Å²) in [4.78, 5) is 18.2. The molecule has 2 fully saturated rings. The summed E-state index contributed by atoms with van der Waals surface area (Å²) in [6.45, 7) is 8.81. The molecule has 4 rings (SSSR count). The molecule has 1 amide bonds. The molecule has 0 aliphatic carbocycles. The fourth-order valence-electron chi connectivity index (χ4n) is 4.71. The maximum absolute atomic E-state index is 13.2. The zero-order valence-corrected chi connectivity index (χ0v) is 17.7. The molecule has 1 N–H and O–H groups in total. The van der Waals surface area contributed by atoms with E-state index in [1.165, 1.54) is 0 Å². The number of aryl methyl sites for hydroxylation is 1. The van der Waals surface area contributed by atoms with Crippen LogP contribution in [0.5, 0.6) is 0 Å². The summed E-state index contributed by atoms with van der Waals surface area (Å²) in [6.07, 6.45) is 3.14. The summed E-state index contributed by atoms with van der Waals surface area (Å²) in [7, 11) is -3.54. The van der Waals surface area contributed by atoms with Crippen LogP contribution in [0.1, 0.15) is 49.2 Å². The fourth-order valence-corrected chi connectivity index (χ4v) is 6.42. The van der Waals surface area contributed by atoms with Gasteiger partial charge in [-0.2, -0.15) is 4.31 Å². The number of sulfonamides is 1. The van der Waals surface area contributed by atoms with Gasteiger partial charge in [-0.1, -0.05) is 13.8 Å². The first-order valence-electron chi connectivity index (χ1n) is 10.2. The number of aromatic amines is 1. The van der Waals surface area contributed by atoms with Gasteiger partial charge in [0.15, 0.2) is 0 Å². The molecule has 0 saturated carbocycles. The van der Waals surface area contributed by atoms with Crippen LogP contribution in [0, 0.1) is 18.8 Å². The molecular formula is C21H29N3O3S. The predicted molar refractivity (Wildman–Crippen MR) is 110 cm³/mol. The van der Waals surface area contributed by atoms with E-state index in [0.29, 0.717) is 35.5 Å². The lowest BCUT2D eigenvalue weighted by molar-refractivity contribution is 0.0787. The highest BCUT2D eigenvalue weighted by molar-refractivity contribution is 7.89. The maximum Gasteiger partial charge on any atom is 0.270 e. The number of benzene rings is 1. The van der Waals surface area contributed by atoms with Crippen molar-refractivity contribution >= 4 is 26.8 Å². The average molecular weight is 404 g/mol. The van der Waals surface area contributed by atoms with Crippen LogP contribution in [-0.2, 0) is 10.0 Å². The summed E-state index contributed by atoms with van der Waals surface area (Å²) in [5.41, 5.74) is 2.20. The molecule has 0 bridgehead atoms. The Morgan fingerprint density at radius 2 is 1.75 bits per heavy atom. The molecule has 0 radical (unpaired) electrons. The van der Waals surface area contributed by atoms with Gasteiger partial charge in [0.2, 0.25) is 10.0 Å². The molecular weight excluding hydrogens is 374 g/mol. The smallest absolute Gasteiger partial charge is 0.270 e. The maximum atomic E-state index is 13.2. The Labute approximate surface area is 166 Å². The second kappa shape index (κ2) is 7.19. The number of aromatic nitrogens is 1. The number of carbonyl (C=O) groups is 1. The van der Waals surface area contributed by atoms with E-state index in [9.17, 15) is 13.2 Å². The van der Waals surface area contributed by atoms with Gasteiger partial charge < -0.3 is 9.88 Å². The van der Waals surface area contributed by atoms with Crippen molar-refractivity contribution in [3.63, 3.8) is 0 Å². The number of nitrogens with one attached hydrogen (secondary N) is 1. The average Bonchev–Trinajstić information content (AvgIpc) is 3.29. The number of rotatable bonds is 3. The molecule has 2 unspecified atom stereocenters. The van der Waals surface area contributed by atoms with Crippen LogP contribution in [0.4, 0.5) is 0 Å². The number of hydrogen-bond acceptors (Lipinski definition) is 3. The Kier molecular flexibility index (Phi) is 5.00. The molecule has 28 heavy (non-hydrogen) atoms. The number of amides is 1. The van der Waals surface area contributed by atoms with Crippen LogP contribution in [0.15, 0.2) is 23.1 Å². The number of H-pyrrole nitrogens is 1. The molecule has 2 aliphatic rings. The van der Waals surface area contributed by atoms with E-state index in [4.69, 9.17) is 0 Å². The van der Waals surface area contributed by atoms with Crippen LogP contribution in [-0.4, -0.2) is 54.7 Å². The minimum Gasteiger partial charge on any atom is -0.350 e. The molecule has 1 aromatic heterocycles. The number of piperidine rings is 1. The van der Waals surface area contributed by atoms with Gasteiger partial charge >= 0.3 is 0 Å². The molecule has 2 saturated heterocycles. The SMILES string of the molecule is Cc1c(C(=O)N2CCCC2)[nH]c2ccc(S(=O)(=O)N3CC(C)CC(C)C3)cc12. The summed E-state index contributed by atoms with van der Waals surface area (Å²) < 4.78 is 28.1. The quantitative estimate of drug-likeness (QED) is 0.854. The largest absolute Gasteiger partial charge is 0.350 e. The first-order valence-corrected chi connectivity index (χ1v) is 11.6. The standard InChI is InChI=1S/C21H29N3O3S/c1-14-10-15(2)13-24(12-14)28(26,27)17-6-7-19-18(11-17)16(3)20(22-19)21(25)23-8-4-5-9-23/h6-7,11,14-15,22H,4-5,8-10,12-13H2,1-3H3. The Morgan fingerprint density at radius 3 is 2.39 bits per heavy atom. The van der Waals surface area contributed by atoms with Crippen molar-refractivity contribution < 1.29 is 13.2 Å². The lowest BCUT2D eigenvalue weighted by atomic mass is 9.94. The summed E-state index contributed by atoms with van der Waals surface area (Å²) in [6, 6.07) is 5.16. The summed E-state index contributed by atoms with van der Waals surface area (Å²) in [5, 5.41) is 0.807. The second-order valence-electron chi connectivity index (χ2n) is 8.60. The number of likely N-dealkylation sites (tertiary alicyclic amines) is 1. The third-order valence-corrected chi connectivity index (χ3v) is 7.94. The van der Waals surface area contributed by atoms with Crippen LogP contribution in [0.3, 0.4) is 0 Å². The van der Waals surface area contributed by atoms with Crippen molar-refractivity contribution in [1.29, 1.82) is 0 Å². The fraction of sp³-hybridized carbons (Fsp3) is 0.571. The molecule has 2 atom stereocenters. The number of nitrogens with zero attached hydrogens (tertiary/aromatic N) is 2. The Morgan fingerprint density at radius 1 is 1.11 bits per heavy atom.